The smallest absolute Gasteiger partial charge is 0.331 e. The van der Waals surface area contributed by atoms with Crippen LogP contribution in [0, 0.1) is 0 Å². The number of methoxy groups -OCH3 is 1. The third-order valence-corrected chi connectivity index (χ3v) is 4.49. The molecule has 1 aromatic carbocycles. The number of carbonyl (C=O) groups excluding carboxylic acids is 3. The van der Waals surface area contributed by atoms with E-state index in [1.165, 1.54) is 13.2 Å². The fraction of sp³-hybridized carbons (Fsp3) is 0.450. The third-order valence-electron chi connectivity index (χ3n) is 4.49. The van der Waals surface area contributed by atoms with Gasteiger partial charge >= 0.3 is 5.97 Å². The fourth-order valence-corrected chi connectivity index (χ4v) is 3.11. The summed E-state index contributed by atoms with van der Waals surface area (Å²) in [4.78, 5) is 37.7. The van der Waals surface area contributed by atoms with Crippen molar-refractivity contribution in [1.29, 1.82) is 0 Å². The maximum Gasteiger partial charge on any atom is 0.331 e. The number of rotatable bonds is 7. The Labute approximate surface area is 154 Å². The van der Waals surface area contributed by atoms with Gasteiger partial charge in [0, 0.05) is 24.7 Å². The molecule has 2 amide bonds. The topological polar surface area (TPSA) is 75.7 Å². The standard InChI is InChI=1S/C20H26N2O4/c1-4-13-20(2,19(25)26-3)21-17(23)12-9-15-7-10-16(11-8-15)22-14-5-6-18(22)24/h7-12H,4-6,13-14H2,1-3H3,(H,21,23)/b12-9+. The van der Waals surface area contributed by atoms with Gasteiger partial charge in [-0.05, 0) is 43.5 Å². The van der Waals surface area contributed by atoms with Crippen LogP contribution in [0.4, 0.5) is 5.69 Å². The van der Waals surface area contributed by atoms with Crippen molar-refractivity contribution in [2.75, 3.05) is 18.6 Å². The number of anilines is 1. The second kappa shape index (κ2) is 8.65. The molecule has 1 saturated heterocycles. The minimum atomic E-state index is -1.04. The molecule has 1 atom stereocenters. The maximum atomic E-state index is 12.2. The van der Waals surface area contributed by atoms with Crippen molar-refractivity contribution >= 4 is 29.5 Å². The van der Waals surface area contributed by atoms with E-state index in [4.69, 9.17) is 4.74 Å². The highest BCUT2D eigenvalue weighted by Crippen LogP contribution is 2.22. The monoisotopic (exact) mass is 358 g/mol. The lowest BCUT2D eigenvalue weighted by Crippen LogP contribution is -2.52. The van der Waals surface area contributed by atoms with Crippen LogP contribution < -0.4 is 10.2 Å². The Bertz CT molecular complexity index is 696. The van der Waals surface area contributed by atoms with Crippen LogP contribution in [-0.2, 0) is 19.1 Å². The summed E-state index contributed by atoms with van der Waals surface area (Å²) in [6.45, 7) is 4.35. The highest BCUT2D eigenvalue weighted by Gasteiger charge is 2.34. The Kier molecular flexibility index (Phi) is 6.55. The van der Waals surface area contributed by atoms with E-state index < -0.39 is 11.5 Å². The van der Waals surface area contributed by atoms with Crippen LogP contribution in [0.15, 0.2) is 30.3 Å². The Morgan fingerprint density at radius 2 is 2.00 bits per heavy atom. The summed E-state index contributed by atoms with van der Waals surface area (Å²) in [5, 5.41) is 2.72. The van der Waals surface area contributed by atoms with Crippen molar-refractivity contribution in [3.8, 4) is 0 Å². The van der Waals surface area contributed by atoms with Crippen LogP contribution in [0.3, 0.4) is 0 Å². The Morgan fingerprint density at radius 3 is 2.54 bits per heavy atom. The molecule has 6 heteroatoms. The largest absolute Gasteiger partial charge is 0.467 e. The molecule has 0 saturated carbocycles. The fourth-order valence-electron chi connectivity index (χ4n) is 3.11. The zero-order chi connectivity index (χ0) is 19.2. The number of ether oxygens (including phenoxy) is 1. The minimum absolute atomic E-state index is 0.144. The van der Waals surface area contributed by atoms with Gasteiger partial charge in [0.25, 0.3) is 0 Å². The second-order valence-electron chi connectivity index (χ2n) is 6.64. The predicted octanol–water partition coefficient (Wildman–Crippen LogP) is 2.67. The van der Waals surface area contributed by atoms with Crippen molar-refractivity contribution in [2.24, 2.45) is 0 Å². The van der Waals surface area contributed by atoms with E-state index in [0.717, 1.165) is 30.6 Å². The lowest BCUT2D eigenvalue weighted by atomic mass is 9.96. The molecular weight excluding hydrogens is 332 g/mol. The molecule has 26 heavy (non-hydrogen) atoms. The van der Waals surface area contributed by atoms with Crippen LogP contribution in [-0.4, -0.2) is 37.0 Å². The van der Waals surface area contributed by atoms with Gasteiger partial charge in [0.05, 0.1) is 7.11 Å². The lowest BCUT2D eigenvalue weighted by molar-refractivity contribution is -0.150. The highest BCUT2D eigenvalue weighted by atomic mass is 16.5. The van der Waals surface area contributed by atoms with E-state index in [2.05, 4.69) is 5.32 Å². The van der Waals surface area contributed by atoms with Gasteiger partial charge in [-0.2, -0.15) is 0 Å². The third kappa shape index (κ3) is 4.71. The molecule has 0 spiro atoms. The van der Waals surface area contributed by atoms with E-state index in [9.17, 15) is 14.4 Å². The summed E-state index contributed by atoms with van der Waals surface area (Å²) in [5.41, 5.74) is 0.673. The number of amides is 2. The van der Waals surface area contributed by atoms with Crippen LogP contribution in [0.5, 0.6) is 0 Å². The molecule has 1 N–H and O–H groups in total. The van der Waals surface area contributed by atoms with Crippen molar-refractivity contribution in [2.45, 2.75) is 45.1 Å². The summed E-state index contributed by atoms with van der Waals surface area (Å²) in [6, 6.07) is 7.46. The van der Waals surface area contributed by atoms with Gasteiger partial charge in [-0.25, -0.2) is 4.79 Å². The summed E-state index contributed by atoms with van der Waals surface area (Å²) in [6.07, 6.45) is 5.79. The average Bonchev–Trinajstić information content (AvgIpc) is 3.05. The van der Waals surface area contributed by atoms with E-state index in [1.54, 1.807) is 17.9 Å². The molecule has 6 nitrogen and oxygen atoms in total. The summed E-state index contributed by atoms with van der Waals surface area (Å²) in [5.74, 6) is -0.670. The van der Waals surface area contributed by atoms with Crippen LogP contribution in [0.25, 0.3) is 6.08 Å². The number of hydrogen-bond acceptors (Lipinski definition) is 4. The van der Waals surface area contributed by atoms with Crippen molar-refractivity contribution in [3.63, 3.8) is 0 Å². The number of benzene rings is 1. The Balaban J connectivity index is 2.00. The van der Waals surface area contributed by atoms with Crippen molar-refractivity contribution in [3.05, 3.63) is 35.9 Å². The SMILES string of the molecule is CCCC(C)(NC(=O)/C=C/c1ccc(N2CCCC2=O)cc1)C(=O)OC. The summed E-state index contributed by atoms with van der Waals surface area (Å²) in [7, 11) is 1.31. The minimum Gasteiger partial charge on any atom is -0.467 e. The number of carbonyl (C=O) groups is 3. The van der Waals surface area contributed by atoms with Crippen molar-refractivity contribution < 1.29 is 19.1 Å². The Hall–Kier alpha value is -2.63. The molecular formula is C20H26N2O4. The van der Waals surface area contributed by atoms with Gasteiger partial charge < -0.3 is 15.0 Å². The van der Waals surface area contributed by atoms with E-state index >= 15 is 0 Å². The number of nitrogens with one attached hydrogen (secondary N) is 1. The maximum absolute atomic E-state index is 12.2. The second-order valence-corrected chi connectivity index (χ2v) is 6.64. The molecule has 0 radical (unpaired) electrons. The molecule has 1 fully saturated rings. The van der Waals surface area contributed by atoms with E-state index in [0.29, 0.717) is 12.8 Å². The first-order valence-corrected chi connectivity index (χ1v) is 8.88. The summed E-state index contributed by atoms with van der Waals surface area (Å²) >= 11 is 0. The first kappa shape index (κ1) is 19.7. The van der Waals surface area contributed by atoms with Crippen LogP contribution in [0.1, 0.15) is 45.1 Å². The van der Waals surface area contributed by atoms with Gasteiger partial charge in [-0.3, -0.25) is 9.59 Å². The van der Waals surface area contributed by atoms with Crippen LogP contribution in [0.2, 0.25) is 0 Å². The molecule has 0 aromatic heterocycles. The zero-order valence-electron chi connectivity index (χ0n) is 15.6. The highest BCUT2D eigenvalue weighted by molar-refractivity contribution is 5.97. The van der Waals surface area contributed by atoms with Crippen LogP contribution >= 0.6 is 0 Å². The quantitative estimate of drug-likeness (QED) is 0.601. The molecule has 0 bridgehead atoms. The first-order valence-electron chi connectivity index (χ1n) is 8.88. The zero-order valence-corrected chi connectivity index (χ0v) is 15.6. The van der Waals surface area contributed by atoms with Gasteiger partial charge in [0.1, 0.15) is 5.54 Å². The molecule has 140 valence electrons. The molecule has 1 heterocycles. The summed E-state index contributed by atoms with van der Waals surface area (Å²) < 4.78 is 4.79. The lowest BCUT2D eigenvalue weighted by Gasteiger charge is -2.26. The molecule has 1 unspecified atom stereocenters. The van der Waals surface area contributed by atoms with E-state index in [-0.39, 0.29) is 11.8 Å². The normalized spacial score (nSPS) is 16.6. The average molecular weight is 358 g/mol. The molecule has 1 aliphatic heterocycles. The molecule has 0 aliphatic carbocycles. The molecule has 2 rings (SSSR count). The first-order chi connectivity index (χ1) is 12.4. The Morgan fingerprint density at radius 1 is 1.31 bits per heavy atom. The molecule has 1 aromatic rings. The molecule has 1 aliphatic rings. The number of nitrogens with zero attached hydrogens (tertiary/aromatic N) is 1. The van der Waals surface area contributed by atoms with Gasteiger partial charge in [-0.15, -0.1) is 0 Å². The van der Waals surface area contributed by atoms with Gasteiger partial charge in [0.15, 0.2) is 0 Å². The van der Waals surface area contributed by atoms with Gasteiger partial charge in [-0.1, -0.05) is 25.5 Å². The number of hydrogen-bond donors (Lipinski definition) is 1. The van der Waals surface area contributed by atoms with Crippen molar-refractivity contribution in [1.82, 2.24) is 5.32 Å². The predicted molar refractivity (Wildman–Crippen MR) is 101 cm³/mol. The van der Waals surface area contributed by atoms with E-state index in [1.807, 2.05) is 31.2 Å². The number of esters is 1. The van der Waals surface area contributed by atoms with Gasteiger partial charge in [0.2, 0.25) is 11.8 Å².